The zero-order valence-electron chi connectivity index (χ0n) is 14.3. The highest BCUT2D eigenvalue weighted by Gasteiger charge is 2.45. The molecule has 0 aromatic carbocycles. The second-order valence-electron chi connectivity index (χ2n) is 5.88. The molecule has 126 valence electrons. The molecule has 0 spiro atoms. The molecule has 0 aromatic rings. The third-order valence-corrected chi connectivity index (χ3v) is 4.12. The first-order chi connectivity index (χ1) is 10.4. The summed E-state index contributed by atoms with van der Waals surface area (Å²) in [5, 5.41) is 9.21. The maximum Gasteiger partial charge on any atom is 0.325 e. The number of guanidine groups is 1. The van der Waals surface area contributed by atoms with Gasteiger partial charge in [0.05, 0.1) is 0 Å². The fraction of sp³-hybridized carbons (Fsp3) is 0.800. The Bertz CT molecular complexity index is 438. The standard InChI is InChI=1S/C15H29N5O2/c1-6-11(3)18-13(16-5)17-9-8-10-20-12(21)15(4,7-2)19-14(20)22/h11H,6-10H2,1-5H3,(H,19,22)(H2,16,17,18). The summed E-state index contributed by atoms with van der Waals surface area (Å²) in [5.74, 6) is 0.604. The van der Waals surface area contributed by atoms with Gasteiger partial charge in [0.1, 0.15) is 5.54 Å². The smallest absolute Gasteiger partial charge is 0.325 e. The van der Waals surface area contributed by atoms with Crippen LogP contribution in [0.15, 0.2) is 4.99 Å². The second kappa shape index (κ2) is 8.00. The number of carbonyl (C=O) groups is 2. The molecule has 1 heterocycles. The molecule has 1 aliphatic rings. The van der Waals surface area contributed by atoms with Crippen LogP contribution >= 0.6 is 0 Å². The molecule has 7 heteroatoms. The number of carbonyl (C=O) groups excluding carboxylic acids is 2. The van der Waals surface area contributed by atoms with Crippen LogP contribution in [-0.4, -0.2) is 54.5 Å². The zero-order chi connectivity index (χ0) is 16.8. The number of imide groups is 1. The highest BCUT2D eigenvalue weighted by Crippen LogP contribution is 2.20. The minimum absolute atomic E-state index is 0.137. The quantitative estimate of drug-likeness (QED) is 0.284. The van der Waals surface area contributed by atoms with Gasteiger partial charge in [-0.05, 0) is 33.1 Å². The molecule has 7 nitrogen and oxygen atoms in total. The predicted octanol–water partition coefficient (Wildman–Crippen LogP) is 1.06. The Morgan fingerprint density at radius 2 is 2.09 bits per heavy atom. The van der Waals surface area contributed by atoms with Gasteiger partial charge in [0.25, 0.3) is 5.91 Å². The molecule has 3 N–H and O–H groups in total. The molecule has 0 aromatic heterocycles. The van der Waals surface area contributed by atoms with Crippen LogP contribution in [0.1, 0.15) is 47.0 Å². The molecule has 1 saturated heterocycles. The molecule has 2 atom stereocenters. The summed E-state index contributed by atoms with van der Waals surface area (Å²) in [5.41, 5.74) is -0.751. The third-order valence-electron chi connectivity index (χ3n) is 4.12. The summed E-state index contributed by atoms with van der Waals surface area (Å²) in [6, 6.07) is 0.0545. The lowest BCUT2D eigenvalue weighted by Crippen LogP contribution is -2.44. The molecule has 0 saturated carbocycles. The van der Waals surface area contributed by atoms with Crippen LogP contribution in [0.5, 0.6) is 0 Å². The van der Waals surface area contributed by atoms with Gasteiger partial charge in [-0.1, -0.05) is 13.8 Å². The van der Waals surface area contributed by atoms with Gasteiger partial charge in [0.15, 0.2) is 5.96 Å². The van der Waals surface area contributed by atoms with Gasteiger partial charge in [-0.3, -0.25) is 14.7 Å². The minimum Gasteiger partial charge on any atom is -0.356 e. The van der Waals surface area contributed by atoms with Crippen molar-refractivity contribution < 1.29 is 9.59 Å². The van der Waals surface area contributed by atoms with Gasteiger partial charge in [0.2, 0.25) is 0 Å². The summed E-state index contributed by atoms with van der Waals surface area (Å²) >= 11 is 0. The van der Waals surface area contributed by atoms with Crippen LogP contribution in [0.2, 0.25) is 0 Å². The predicted molar refractivity (Wildman–Crippen MR) is 87.8 cm³/mol. The number of nitrogens with one attached hydrogen (secondary N) is 3. The number of nitrogens with zero attached hydrogens (tertiary/aromatic N) is 2. The molecule has 0 radical (unpaired) electrons. The molecule has 1 fully saturated rings. The number of urea groups is 1. The summed E-state index contributed by atoms with van der Waals surface area (Å²) in [7, 11) is 1.72. The third kappa shape index (κ3) is 4.35. The molecular weight excluding hydrogens is 282 g/mol. The lowest BCUT2D eigenvalue weighted by atomic mass is 9.99. The van der Waals surface area contributed by atoms with E-state index in [0.717, 1.165) is 12.4 Å². The van der Waals surface area contributed by atoms with Gasteiger partial charge in [-0.25, -0.2) is 4.79 Å². The van der Waals surface area contributed by atoms with E-state index in [9.17, 15) is 9.59 Å². The first-order valence-corrected chi connectivity index (χ1v) is 7.99. The molecule has 2 unspecified atom stereocenters. The molecular formula is C15H29N5O2. The fourth-order valence-electron chi connectivity index (χ4n) is 2.16. The number of rotatable bonds is 7. The van der Waals surface area contributed by atoms with E-state index in [1.165, 1.54) is 4.90 Å². The first kappa shape index (κ1) is 18.3. The largest absolute Gasteiger partial charge is 0.356 e. The first-order valence-electron chi connectivity index (χ1n) is 7.99. The number of hydrogen-bond donors (Lipinski definition) is 3. The van der Waals surface area contributed by atoms with Crippen LogP contribution in [0.4, 0.5) is 4.79 Å². The van der Waals surface area contributed by atoms with E-state index in [1.54, 1.807) is 14.0 Å². The van der Waals surface area contributed by atoms with Gasteiger partial charge in [-0.15, -0.1) is 0 Å². The Labute approximate surface area is 132 Å². The second-order valence-corrected chi connectivity index (χ2v) is 5.88. The van der Waals surface area contributed by atoms with Crippen molar-refractivity contribution in [3.8, 4) is 0 Å². The normalized spacial score (nSPS) is 23.5. The monoisotopic (exact) mass is 311 g/mol. The SMILES string of the molecule is CCC(C)NC(=NC)NCCCN1C(=O)NC(C)(CC)C1=O. The van der Waals surface area contributed by atoms with Crippen molar-refractivity contribution in [1.82, 2.24) is 20.9 Å². The Morgan fingerprint density at radius 3 is 2.59 bits per heavy atom. The number of hydrogen-bond acceptors (Lipinski definition) is 3. The Hall–Kier alpha value is -1.79. The summed E-state index contributed by atoms with van der Waals surface area (Å²) in [4.78, 5) is 29.5. The lowest BCUT2D eigenvalue weighted by Gasteiger charge is -2.19. The van der Waals surface area contributed by atoms with Crippen LogP contribution in [-0.2, 0) is 4.79 Å². The highest BCUT2D eigenvalue weighted by molar-refractivity contribution is 6.06. The molecule has 1 aliphatic heterocycles. The van der Waals surface area contributed by atoms with E-state index in [0.29, 0.717) is 32.0 Å². The van der Waals surface area contributed by atoms with E-state index in [2.05, 4.69) is 34.8 Å². The van der Waals surface area contributed by atoms with Crippen molar-refractivity contribution in [3.63, 3.8) is 0 Å². The van der Waals surface area contributed by atoms with Crippen molar-refractivity contribution in [2.24, 2.45) is 4.99 Å². The van der Waals surface area contributed by atoms with Crippen molar-refractivity contribution in [2.45, 2.75) is 58.5 Å². The zero-order valence-corrected chi connectivity index (χ0v) is 14.3. The van der Waals surface area contributed by atoms with Crippen LogP contribution in [0.25, 0.3) is 0 Å². The topological polar surface area (TPSA) is 85.8 Å². The molecule has 0 aliphatic carbocycles. The highest BCUT2D eigenvalue weighted by atomic mass is 16.2. The van der Waals surface area contributed by atoms with E-state index < -0.39 is 5.54 Å². The molecule has 22 heavy (non-hydrogen) atoms. The summed E-state index contributed by atoms with van der Waals surface area (Å²) < 4.78 is 0. The van der Waals surface area contributed by atoms with Crippen molar-refractivity contribution in [1.29, 1.82) is 0 Å². The van der Waals surface area contributed by atoms with Crippen molar-refractivity contribution >= 4 is 17.9 Å². The summed E-state index contributed by atoms with van der Waals surface area (Å²) in [6.07, 6.45) is 2.29. The maximum absolute atomic E-state index is 12.2. The Balaban J connectivity index is 2.39. The minimum atomic E-state index is -0.751. The van der Waals surface area contributed by atoms with E-state index in [1.807, 2.05) is 6.92 Å². The molecule has 3 amide bonds. The van der Waals surface area contributed by atoms with Gasteiger partial charge in [0, 0.05) is 26.2 Å². The van der Waals surface area contributed by atoms with E-state index in [-0.39, 0.29) is 11.9 Å². The number of amides is 3. The lowest BCUT2D eigenvalue weighted by molar-refractivity contribution is -0.130. The van der Waals surface area contributed by atoms with Crippen molar-refractivity contribution in [3.05, 3.63) is 0 Å². The molecule has 1 rings (SSSR count). The average Bonchev–Trinajstić information content (AvgIpc) is 2.73. The fourth-order valence-corrected chi connectivity index (χ4v) is 2.16. The van der Waals surface area contributed by atoms with E-state index in [4.69, 9.17) is 0 Å². The van der Waals surface area contributed by atoms with E-state index >= 15 is 0 Å². The van der Waals surface area contributed by atoms with Crippen LogP contribution in [0, 0.1) is 0 Å². The van der Waals surface area contributed by atoms with Gasteiger partial charge in [-0.2, -0.15) is 0 Å². The Morgan fingerprint density at radius 1 is 1.41 bits per heavy atom. The maximum atomic E-state index is 12.2. The Kier molecular flexibility index (Phi) is 6.64. The summed E-state index contributed by atoms with van der Waals surface area (Å²) in [6.45, 7) is 8.92. The van der Waals surface area contributed by atoms with Gasteiger partial charge >= 0.3 is 6.03 Å². The number of aliphatic imine (C=N–C) groups is 1. The van der Waals surface area contributed by atoms with Crippen LogP contribution < -0.4 is 16.0 Å². The molecule has 0 bridgehead atoms. The average molecular weight is 311 g/mol. The van der Waals surface area contributed by atoms with Gasteiger partial charge < -0.3 is 16.0 Å². The van der Waals surface area contributed by atoms with Crippen LogP contribution in [0.3, 0.4) is 0 Å². The van der Waals surface area contributed by atoms with Crippen molar-refractivity contribution in [2.75, 3.05) is 20.1 Å².